The summed E-state index contributed by atoms with van der Waals surface area (Å²) in [5.41, 5.74) is 1.95. The van der Waals surface area contributed by atoms with Crippen LogP contribution in [-0.4, -0.2) is 11.5 Å². The summed E-state index contributed by atoms with van der Waals surface area (Å²) in [6.45, 7) is 0. The van der Waals surface area contributed by atoms with Crippen LogP contribution < -0.4 is 0 Å². The fourth-order valence-corrected chi connectivity index (χ4v) is 7.12. The first kappa shape index (κ1) is 8.58. The Morgan fingerprint density at radius 1 is 0.857 bits per heavy atom. The molecule has 5 fully saturated rings. The van der Waals surface area contributed by atoms with Crippen molar-refractivity contribution < 1.29 is 0 Å². The lowest BCUT2D eigenvalue weighted by atomic mass is 9.96. The minimum Gasteiger partial charge on any atom is -0.119 e. The van der Waals surface area contributed by atoms with Gasteiger partial charge >= 0.3 is 0 Å². The zero-order valence-corrected chi connectivity index (χ0v) is 10.0. The van der Waals surface area contributed by atoms with Gasteiger partial charge in [0.2, 0.25) is 0 Å². The van der Waals surface area contributed by atoms with Crippen LogP contribution in [0.1, 0.15) is 25.7 Å². The quantitative estimate of drug-likeness (QED) is 0.615. The molecule has 0 N–H and O–H groups in total. The highest BCUT2D eigenvalue weighted by molar-refractivity contribution is 8.22. The molecule has 0 aromatic rings. The van der Waals surface area contributed by atoms with E-state index in [1.165, 1.54) is 17.9 Å². The first-order valence-electron chi connectivity index (χ1n) is 5.93. The average Bonchev–Trinajstić information content (AvgIpc) is 2.91. The van der Waals surface area contributed by atoms with Crippen LogP contribution in [0.2, 0.25) is 0 Å². The Kier molecular flexibility index (Phi) is 1.82. The lowest BCUT2D eigenvalue weighted by Gasteiger charge is -2.21. The minimum atomic E-state index is 1.05. The van der Waals surface area contributed by atoms with Gasteiger partial charge in [-0.3, -0.25) is 0 Å². The Morgan fingerprint density at radius 2 is 1.50 bits per heavy atom. The van der Waals surface area contributed by atoms with Crippen molar-refractivity contribution in [3.63, 3.8) is 0 Å². The summed E-state index contributed by atoms with van der Waals surface area (Å²) in [5.74, 6) is 7.13. The van der Waals surface area contributed by atoms with Crippen molar-refractivity contribution in [3.8, 4) is 0 Å². The van der Waals surface area contributed by atoms with E-state index in [1.54, 1.807) is 23.5 Å². The summed E-state index contributed by atoms with van der Waals surface area (Å²) >= 11 is 4.35. The molecular weight excluding hydrogens is 208 g/mol. The van der Waals surface area contributed by atoms with Crippen molar-refractivity contribution in [3.05, 3.63) is 9.81 Å². The van der Waals surface area contributed by atoms with Gasteiger partial charge in [0.25, 0.3) is 0 Å². The molecule has 0 unspecified atom stereocenters. The Labute approximate surface area is 94.3 Å². The maximum Gasteiger partial charge on any atom is 0.0398 e. The first-order valence-corrected chi connectivity index (χ1v) is 7.90. The van der Waals surface area contributed by atoms with Crippen molar-refractivity contribution in [2.75, 3.05) is 11.5 Å². The molecule has 0 spiro atoms. The zero-order valence-electron chi connectivity index (χ0n) is 8.37. The van der Waals surface area contributed by atoms with Crippen LogP contribution in [0.25, 0.3) is 0 Å². The van der Waals surface area contributed by atoms with Gasteiger partial charge in [-0.1, -0.05) is 0 Å². The molecule has 5 aliphatic rings. The molecule has 1 saturated heterocycles. The lowest BCUT2D eigenvalue weighted by Crippen LogP contribution is -2.05. The molecule has 1 aliphatic heterocycles. The highest BCUT2D eigenvalue weighted by atomic mass is 32.2. The monoisotopic (exact) mass is 224 g/mol. The predicted octanol–water partition coefficient (Wildman–Crippen LogP) is 3.74. The largest absolute Gasteiger partial charge is 0.119 e. The molecule has 1 heterocycles. The summed E-state index contributed by atoms with van der Waals surface area (Å²) in [7, 11) is 0. The molecule has 0 amide bonds. The zero-order chi connectivity index (χ0) is 9.12. The molecule has 4 atom stereocenters. The number of hydrogen-bond acceptors (Lipinski definition) is 2. The van der Waals surface area contributed by atoms with Crippen molar-refractivity contribution in [1.82, 2.24) is 0 Å². The third kappa shape index (κ3) is 0.996. The number of hydrogen-bond donors (Lipinski definition) is 0. The molecule has 4 saturated carbocycles. The molecule has 14 heavy (non-hydrogen) atoms. The van der Waals surface area contributed by atoms with E-state index in [0.717, 1.165) is 23.7 Å². The minimum absolute atomic E-state index is 1.05. The predicted molar refractivity (Wildman–Crippen MR) is 64.4 cm³/mol. The third-order valence-corrected chi connectivity index (χ3v) is 7.34. The third-order valence-electron chi connectivity index (χ3n) is 4.65. The van der Waals surface area contributed by atoms with Gasteiger partial charge < -0.3 is 0 Å². The summed E-state index contributed by atoms with van der Waals surface area (Å²) in [4.78, 5) is 0. The molecule has 0 radical (unpaired) electrons. The van der Waals surface area contributed by atoms with Crippen LogP contribution >= 0.6 is 23.5 Å². The van der Waals surface area contributed by atoms with Crippen LogP contribution in [0.3, 0.4) is 0 Å². The molecule has 76 valence electrons. The van der Waals surface area contributed by atoms with Gasteiger partial charge in [-0.25, -0.2) is 0 Å². The fraction of sp³-hybridized carbons (Fsp3) is 0.833. The van der Waals surface area contributed by atoms with Gasteiger partial charge in [-0.05, 0) is 66.4 Å². The Balaban J connectivity index is 1.73. The molecule has 0 nitrogen and oxygen atoms in total. The highest BCUT2D eigenvalue weighted by Gasteiger charge is 2.57. The number of thioether (sulfide) groups is 2. The van der Waals surface area contributed by atoms with Gasteiger partial charge in [-0.2, -0.15) is 0 Å². The Hall–Kier alpha value is 0.440. The summed E-state index contributed by atoms with van der Waals surface area (Å²) in [6.07, 6.45) is 6.14. The summed E-state index contributed by atoms with van der Waals surface area (Å²) in [5, 5.41) is 0. The van der Waals surface area contributed by atoms with Crippen LogP contribution in [0.15, 0.2) is 9.81 Å². The van der Waals surface area contributed by atoms with E-state index in [-0.39, 0.29) is 0 Å². The number of allylic oxidation sites excluding steroid dienone is 1. The van der Waals surface area contributed by atoms with Crippen molar-refractivity contribution in [2.45, 2.75) is 25.7 Å². The standard InChI is InChI=1S/C12H16S2/c1-2-13-12(14-3-1)11-9-5-7-4-8(9)6-10(7)11/h7-10H,1-6H2/t7-,8-,9-,10-/m1/s1. The van der Waals surface area contributed by atoms with Crippen LogP contribution in [0.5, 0.6) is 0 Å². The molecule has 0 aromatic carbocycles. The lowest BCUT2D eigenvalue weighted by molar-refractivity contribution is 0.457. The van der Waals surface area contributed by atoms with E-state index < -0.39 is 0 Å². The number of rotatable bonds is 0. The van der Waals surface area contributed by atoms with E-state index in [2.05, 4.69) is 23.5 Å². The second-order valence-electron chi connectivity index (χ2n) is 5.23. The fourth-order valence-electron chi connectivity index (χ4n) is 4.21. The Morgan fingerprint density at radius 3 is 2.07 bits per heavy atom. The SMILES string of the molecule is C1CSC(=C2[C@@H]3C[C@H]4C[C@@H]3C[C@@H]24)SC1. The van der Waals surface area contributed by atoms with Crippen LogP contribution in [0.4, 0.5) is 0 Å². The van der Waals surface area contributed by atoms with Crippen molar-refractivity contribution >= 4 is 23.5 Å². The molecule has 4 aliphatic carbocycles. The van der Waals surface area contributed by atoms with E-state index in [1.807, 2.05) is 5.57 Å². The van der Waals surface area contributed by atoms with Crippen LogP contribution in [0, 0.1) is 23.7 Å². The summed E-state index contributed by atoms with van der Waals surface area (Å²) < 4.78 is 1.77. The van der Waals surface area contributed by atoms with E-state index in [0.29, 0.717) is 0 Å². The highest BCUT2D eigenvalue weighted by Crippen LogP contribution is 2.68. The van der Waals surface area contributed by atoms with Crippen molar-refractivity contribution in [2.24, 2.45) is 23.7 Å². The van der Waals surface area contributed by atoms with Gasteiger partial charge in [0.05, 0.1) is 0 Å². The molecule has 5 rings (SSSR count). The maximum absolute atomic E-state index is 2.17. The van der Waals surface area contributed by atoms with Crippen molar-refractivity contribution in [1.29, 1.82) is 0 Å². The topological polar surface area (TPSA) is 0 Å². The maximum atomic E-state index is 2.17. The van der Waals surface area contributed by atoms with Gasteiger partial charge in [0.1, 0.15) is 0 Å². The first-order chi connectivity index (χ1) is 6.93. The summed E-state index contributed by atoms with van der Waals surface area (Å²) in [6, 6.07) is 0. The van der Waals surface area contributed by atoms with E-state index >= 15 is 0 Å². The van der Waals surface area contributed by atoms with Gasteiger partial charge in [0, 0.05) is 4.24 Å². The second-order valence-corrected chi connectivity index (χ2v) is 7.70. The average molecular weight is 224 g/mol. The molecular formula is C12H16S2. The Bertz CT molecular complexity index is 281. The second kappa shape index (κ2) is 2.98. The molecule has 2 heteroatoms. The van der Waals surface area contributed by atoms with Crippen LogP contribution in [-0.2, 0) is 0 Å². The van der Waals surface area contributed by atoms with Gasteiger partial charge in [0.15, 0.2) is 0 Å². The molecule has 4 bridgehead atoms. The normalized spacial score (nSPS) is 49.7. The smallest absolute Gasteiger partial charge is 0.0398 e. The molecule has 0 aromatic heterocycles. The van der Waals surface area contributed by atoms with E-state index in [9.17, 15) is 0 Å². The van der Waals surface area contributed by atoms with E-state index in [4.69, 9.17) is 0 Å². The van der Waals surface area contributed by atoms with Gasteiger partial charge in [-0.15, -0.1) is 23.5 Å².